The first-order valence-corrected chi connectivity index (χ1v) is 10.0. The molecule has 144 valence electrons. The van der Waals surface area contributed by atoms with Crippen molar-refractivity contribution in [1.82, 2.24) is 4.72 Å². The summed E-state index contributed by atoms with van der Waals surface area (Å²) in [5.41, 5.74) is 0.605. The molecule has 8 heteroatoms. The van der Waals surface area contributed by atoms with Gasteiger partial charge in [0.05, 0.1) is 0 Å². The summed E-state index contributed by atoms with van der Waals surface area (Å²) in [7, 11) is -4.10. The van der Waals surface area contributed by atoms with E-state index in [9.17, 15) is 22.0 Å². The maximum absolute atomic E-state index is 14.1. The number of carbonyl (C=O) groups excluding carboxylic acids is 1. The first kappa shape index (κ1) is 19.4. The second kappa shape index (κ2) is 7.36. The largest absolute Gasteiger partial charge is 0.322 e. The van der Waals surface area contributed by atoms with Gasteiger partial charge in [0.15, 0.2) is 0 Å². The molecule has 0 spiro atoms. The van der Waals surface area contributed by atoms with Gasteiger partial charge in [-0.25, -0.2) is 21.9 Å². The number of anilines is 1. The summed E-state index contributed by atoms with van der Waals surface area (Å²) in [6.45, 7) is 3.32. The van der Waals surface area contributed by atoms with Crippen molar-refractivity contribution in [1.29, 1.82) is 0 Å². The van der Waals surface area contributed by atoms with E-state index in [1.807, 2.05) is 0 Å². The van der Waals surface area contributed by atoms with Gasteiger partial charge in [0, 0.05) is 17.3 Å². The number of aryl methyl sites for hydroxylation is 1. The van der Waals surface area contributed by atoms with Crippen LogP contribution in [-0.4, -0.2) is 20.4 Å². The lowest BCUT2D eigenvalue weighted by Gasteiger charge is -2.14. The fourth-order valence-electron chi connectivity index (χ4n) is 2.73. The minimum absolute atomic E-state index is 0.0446. The molecule has 1 aliphatic carbocycles. The molecule has 1 atom stereocenters. The zero-order chi connectivity index (χ0) is 19.8. The zero-order valence-corrected chi connectivity index (χ0v) is 15.7. The highest BCUT2D eigenvalue weighted by Gasteiger charge is 2.32. The summed E-state index contributed by atoms with van der Waals surface area (Å²) in [5, 5.41) is 2.48. The molecule has 1 amide bonds. The van der Waals surface area contributed by atoms with Crippen molar-refractivity contribution in [2.24, 2.45) is 5.92 Å². The van der Waals surface area contributed by atoms with Gasteiger partial charge in [-0.3, -0.25) is 4.79 Å². The van der Waals surface area contributed by atoms with Gasteiger partial charge in [0.1, 0.15) is 16.5 Å². The summed E-state index contributed by atoms with van der Waals surface area (Å²) < 4.78 is 55.1. The molecular weight excluding hydrogens is 374 g/mol. The molecule has 1 aliphatic rings. The second-order valence-electron chi connectivity index (χ2n) is 6.81. The number of benzene rings is 2. The Morgan fingerprint density at radius 2 is 1.81 bits per heavy atom. The first-order valence-electron chi connectivity index (χ1n) is 8.57. The molecule has 2 N–H and O–H groups in total. The molecule has 0 saturated heterocycles. The predicted molar refractivity (Wildman–Crippen MR) is 98.0 cm³/mol. The highest BCUT2D eigenvalue weighted by atomic mass is 32.2. The molecule has 0 unspecified atom stereocenters. The third-order valence-electron chi connectivity index (χ3n) is 4.58. The lowest BCUT2D eigenvalue weighted by Crippen LogP contribution is -2.34. The summed E-state index contributed by atoms with van der Waals surface area (Å²) in [6, 6.07) is 6.98. The van der Waals surface area contributed by atoms with Crippen LogP contribution in [0.15, 0.2) is 41.3 Å². The van der Waals surface area contributed by atoms with E-state index in [4.69, 9.17) is 0 Å². The van der Waals surface area contributed by atoms with Crippen molar-refractivity contribution in [2.75, 3.05) is 5.32 Å². The highest BCUT2D eigenvalue weighted by Crippen LogP contribution is 2.33. The van der Waals surface area contributed by atoms with Crippen LogP contribution in [-0.2, 0) is 10.0 Å². The molecule has 0 aliphatic heterocycles. The molecule has 1 fully saturated rings. The van der Waals surface area contributed by atoms with E-state index in [2.05, 4.69) is 10.0 Å². The van der Waals surface area contributed by atoms with Crippen molar-refractivity contribution in [2.45, 2.75) is 37.6 Å². The van der Waals surface area contributed by atoms with Crippen LogP contribution in [0.5, 0.6) is 0 Å². The Morgan fingerprint density at radius 1 is 1.11 bits per heavy atom. The van der Waals surface area contributed by atoms with Gasteiger partial charge in [0.2, 0.25) is 10.0 Å². The second-order valence-corrected chi connectivity index (χ2v) is 8.49. The fraction of sp³-hybridized carbons (Fsp3) is 0.316. The van der Waals surface area contributed by atoms with Crippen LogP contribution in [0.1, 0.15) is 35.7 Å². The van der Waals surface area contributed by atoms with Gasteiger partial charge in [-0.05, 0) is 68.5 Å². The zero-order valence-electron chi connectivity index (χ0n) is 14.9. The van der Waals surface area contributed by atoms with Crippen LogP contribution in [0.3, 0.4) is 0 Å². The molecule has 27 heavy (non-hydrogen) atoms. The number of rotatable bonds is 6. The minimum Gasteiger partial charge on any atom is -0.322 e. The average molecular weight is 394 g/mol. The number of sulfonamides is 1. The Hall–Kier alpha value is -2.32. The molecule has 0 radical (unpaired) electrons. The fourth-order valence-corrected chi connectivity index (χ4v) is 4.14. The highest BCUT2D eigenvalue weighted by molar-refractivity contribution is 7.89. The van der Waals surface area contributed by atoms with E-state index in [0.717, 1.165) is 31.0 Å². The molecule has 3 rings (SSSR count). The number of amides is 1. The monoisotopic (exact) mass is 394 g/mol. The quantitative estimate of drug-likeness (QED) is 0.786. The van der Waals surface area contributed by atoms with E-state index in [-0.39, 0.29) is 23.2 Å². The summed E-state index contributed by atoms with van der Waals surface area (Å²) in [6.07, 6.45) is 1.86. The van der Waals surface area contributed by atoms with Gasteiger partial charge in [0.25, 0.3) is 5.91 Å². The van der Waals surface area contributed by atoms with Gasteiger partial charge >= 0.3 is 0 Å². The lowest BCUT2D eigenvalue weighted by atomic mass is 10.2. The molecule has 1 saturated carbocycles. The average Bonchev–Trinajstić information content (AvgIpc) is 3.43. The number of hydrogen-bond donors (Lipinski definition) is 2. The van der Waals surface area contributed by atoms with Crippen molar-refractivity contribution in [3.05, 3.63) is 59.2 Å². The van der Waals surface area contributed by atoms with E-state index in [0.29, 0.717) is 5.56 Å². The Morgan fingerprint density at radius 3 is 2.44 bits per heavy atom. The third-order valence-corrected chi connectivity index (χ3v) is 6.16. The van der Waals surface area contributed by atoms with E-state index >= 15 is 0 Å². The van der Waals surface area contributed by atoms with Crippen molar-refractivity contribution in [3.8, 4) is 0 Å². The van der Waals surface area contributed by atoms with Crippen LogP contribution >= 0.6 is 0 Å². The van der Waals surface area contributed by atoms with E-state index in [1.165, 1.54) is 18.2 Å². The summed E-state index contributed by atoms with van der Waals surface area (Å²) in [4.78, 5) is 11.8. The van der Waals surface area contributed by atoms with Crippen LogP contribution < -0.4 is 10.0 Å². The SMILES string of the molecule is Cc1ccc(NC(=O)c2ccc(F)c(S(=O)(=O)N[C@H](C)C3CC3)c2)cc1F. The van der Waals surface area contributed by atoms with E-state index in [1.54, 1.807) is 13.8 Å². The first-order chi connectivity index (χ1) is 12.7. The molecule has 2 aromatic carbocycles. The lowest BCUT2D eigenvalue weighted by molar-refractivity contribution is 0.102. The van der Waals surface area contributed by atoms with Gasteiger partial charge < -0.3 is 5.32 Å². The number of carbonyl (C=O) groups is 1. The van der Waals surface area contributed by atoms with Gasteiger partial charge in [-0.2, -0.15) is 0 Å². The molecule has 0 heterocycles. The standard InChI is InChI=1S/C19H20F2N2O3S/c1-11-3-7-15(10-17(11)21)22-19(24)14-6-8-16(20)18(9-14)27(25,26)23-12(2)13-4-5-13/h3,6-10,12-13,23H,4-5H2,1-2H3,(H,22,24)/t12-/m1/s1. The minimum atomic E-state index is -4.10. The van der Waals surface area contributed by atoms with Crippen molar-refractivity contribution in [3.63, 3.8) is 0 Å². The molecule has 2 aromatic rings. The number of hydrogen-bond acceptors (Lipinski definition) is 3. The number of nitrogens with one attached hydrogen (secondary N) is 2. The van der Waals surface area contributed by atoms with Crippen LogP contribution in [0, 0.1) is 24.5 Å². The topological polar surface area (TPSA) is 75.3 Å². The number of halogens is 2. The van der Waals surface area contributed by atoms with Crippen LogP contribution in [0.25, 0.3) is 0 Å². The Kier molecular flexibility index (Phi) is 5.30. The van der Waals surface area contributed by atoms with Crippen molar-refractivity contribution >= 4 is 21.6 Å². The summed E-state index contributed by atoms with van der Waals surface area (Å²) in [5.74, 6) is -1.83. The van der Waals surface area contributed by atoms with Crippen molar-refractivity contribution < 1.29 is 22.0 Å². The van der Waals surface area contributed by atoms with Crippen LogP contribution in [0.4, 0.5) is 14.5 Å². The molecular formula is C19H20F2N2O3S. The molecule has 0 bridgehead atoms. The maximum atomic E-state index is 14.1. The Bertz CT molecular complexity index is 988. The van der Waals surface area contributed by atoms with Gasteiger partial charge in [-0.15, -0.1) is 0 Å². The normalized spacial score (nSPS) is 15.4. The molecule has 5 nitrogen and oxygen atoms in total. The van der Waals surface area contributed by atoms with Crippen LogP contribution in [0.2, 0.25) is 0 Å². The van der Waals surface area contributed by atoms with Gasteiger partial charge in [-0.1, -0.05) is 6.07 Å². The van der Waals surface area contributed by atoms with E-state index < -0.39 is 32.5 Å². The summed E-state index contributed by atoms with van der Waals surface area (Å²) >= 11 is 0. The maximum Gasteiger partial charge on any atom is 0.255 e. The smallest absolute Gasteiger partial charge is 0.255 e. The third kappa shape index (κ3) is 4.51. The predicted octanol–water partition coefficient (Wildman–Crippen LogP) is 3.60. The Balaban J connectivity index is 1.83. The molecule has 0 aromatic heterocycles. The Labute approximate surface area is 156 Å².